The van der Waals surface area contributed by atoms with Crippen molar-refractivity contribution in [2.45, 2.75) is 13.0 Å². The zero-order chi connectivity index (χ0) is 17.8. The highest BCUT2D eigenvalue weighted by atomic mass is 32.1. The number of methoxy groups -OCH3 is 1. The summed E-state index contributed by atoms with van der Waals surface area (Å²) in [6.45, 7) is 0.0114. The molecule has 0 saturated carbocycles. The molecule has 3 heterocycles. The number of rotatable bonds is 6. The standard InChI is InChI=1S/C16H15N3O4S2/c1-23-13(21)4-5-17-12(20)7-19-9-18-15-14(16(19)22)10(8-25-15)11-3-2-6-24-11/h2-3,6,8-9H,4-5,7H2,1H3,(H,17,20). The minimum atomic E-state index is -0.403. The fourth-order valence-corrected chi connectivity index (χ4v) is 4.03. The van der Waals surface area contributed by atoms with Crippen LogP contribution in [0.5, 0.6) is 0 Å². The molecule has 0 bridgehead atoms. The summed E-state index contributed by atoms with van der Waals surface area (Å²) in [5.41, 5.74) is 0.589. The highest BCUT2D eigenvalue weighted by molar-refractivity contribution is 7.18. The Bertz CT molecular complexity index is 960. The third kappa shape index (κ3) is 3.77. The first-order chi connectivity index (χ1) is 12.1. The van der Waals surface area contributed by atoms with Gasteiger partial charge in [-0.1, -0.05) is 6.07 Å². The summed E-state index contributed by atoms with van der Waals surface area (Å²) in [6, 6.07) is 3.87. The van der Waals surface area contributed by atoms with E-state index in [0.29, 0.717) is 10.2 Å². The number of thiophene rings is 2. The van der Waals surface area contributed by atoms with Gasteiger partial charge in [-0.2, -0.15) is 0 Å². The lowest BCUT2D eigenvalue weighted by atomic mass is 10.2. The fraction of sp³-hybridized carbons (Fsp3) is 0.250. The van der Waals surface area contributed by atoms with Crippen LogP contribution in [-0.4, -0.2) is 35.1 Å². The van der Waals surface area contributed by atoms with Gasteiger partial charge in [0.15, 0.2) is 0 Å². The van der Waals surface area contributed by atoms with Crippen molar-refractivity contribution in [3.05, 3.63) is 39.6 Å². The van der Waals surface area contributed by atoms with Crippen molar-refractivity contribution in [3.8, 4) is 10.4 Å². The van der Waals surface area contributed by atoms with E-state index in [0.717, 1.165) is 10.4 Å². The van der Waals surface area contributed by atoms with Crippen LogP contribution < -0.4 is 10.9 Å². The predicted molar refractivity (Wildman–Crippen MR) is 96.8 cm³/mol. The molecule has 130 valence electrons. The van der Waals surface area contributed by atoms with Gasteiger partial charge in [-0.05, 0) is 11.4 Å². The maximum atomic E-state index is 12.7. The summed E-state index contributed by atoms with van der Waals surface area (Å²) in [5, 5.41) is 6.97. The Hall–Kier alpha value is -2.52. The molecule has 0 saturated heterocycles. The highest BCUT2D eigenvalue weighted by Gasteiger charge is 2.15. The number of amides is 1. The van der Waals surface area contributed by atoms with Gasteiger partial charge in [0, 0.05) is 22.4 Å². The molecule has 7 nitrogen and oxygen atoms in total. The summed E-state index contributed by atoms with van der Waals surface area (Å²) >= 11 is 2.95. The van der Waals surface area contributed by atoms with E-state index in [-0.39, 0.29) is 31.0 Å². The van der Waals surface area contributed by atoms with Crippen LogP contribution in [0.3, 0.4) is 0 Å². The number of hydrogen-bond acceptors (Lipinski definition) is 7. The molecule has 0 radical (unpaired) electrons. The van der Waals surface area contributed by atoms with Gasteiger partial charge < -0.3 is 10.1 Å². The third-order valence-corrected chi connectivity index (χ3v) is 5.33. The van der Waals surface area contributed by atoms with Crippen molar-refractivity contribution >= 4 is 44.8 Å². The molecule has 3 aromatic rings. The summed E-state index contributed by atoms with van der Waals surface area (Å²) in [5.74, 6) is -0.764. The topological polar surface area (TPSA) is 90.3 Å². The SMILES string of the molecule is COC(=O)CCNC(=O)Cn1cnc2scc(-c3cccs3)c2c1=O. The van der Waals surface area contributed by atoms with Crippen molar-refractivity contribution < 1.29 is 14.3 Å². The van der Waals surface area contributed by atoms with Crippen LogP contribution in [0.1, 0.15) is 6.42 Å². The molecule has 3 rings (SSSR count). The number of carbonyl (C=O) groups is 2. The Labute approximate surface area is 150 Å². The summed E-state index contributed by atoms with van der Waals surface area (Å²) in [7, 11) is 1.29. The number of carbonyl (C=O) groups excluding carboxylic acids is 2. The molecule has 9 heteroatoms. The van der Waals surface area contributed by atoms with E-state index in [1.54, 1.807) is 11.3 Å². The van der Waals surface area contributed by atoms with E-state index in [1.165, 1.54) is 29.3 Å². The zero-order valence-electron chi connectivity index (χ0n) is 13.4. The van der Waals surface area contributed by atoms with E-state index < -0.39 is 5.97 Å². The van der Waals surface area contributed by atoms with E-state index in [2.05, 4.69) is 15.0 Å². The molecule has 0 spiro atoms. The molecule has 0 unspecified atom stereocenters. The van der Waals surface area contributed by atoms with E-state index in [1.807, 2.05) is 22.9 Å². The summed E-state index contributed by atoms with van der Waals surface area (Å²) < 4.78 is 5.78. The molecule has 0 aliphatic heterocycles. The Balaban J connectivity index is 1.80. The first-order valence-electron chi connectivity index (χ1n) is 7.44. The Morgan fingerprint density at radius 2 is 2.20 bits per heavy atom. The highest BCUT2D eigenvalue weighted by Crippen LogP contribution is 2.33. The molecule has 0 fully saturated rings. The Morgan fingerprint density at radius 3 is 2.92 bits per heavy atom. The van der Waals surface area contributed by atoms with Gasteiger partial charge in [-0.25, -0.2) is 4.98 Å². The number of nitrogens with one attached hydrogen (secondary N) is 1. The van der Waals surface area contributed by atoms with Crippen molar-refractivity contribution in [3.63, 3.8) is 0 Å². The molecule has 0 aliphatic carbocycles. The van der Waals surface area contributed by atoms with Gasteiger partial charge in [-0.3, -0.25) is 19.0 Å². The van der Waals surface area contributed by atoms with Gasteiger partial charge in [0.05, 0.1) is 25.2 Å². The number of fused-ring (bicyclic) bond motifs is 1. The average molecular weight is 377 g/mol. The van der Waals surface area contributed by atoms with Crippen LogP contribution in [0.4, 0.5) is 0 Å². The smallest absolute Gasteiger partial charge is 0.307 e. The van der Waals surface area contributed by atoms with E-state index in [4.69, 9.17) is 0 Å². The van der Waals surface area contributed by atoms with Crippen LogP contribution in [0.25, 0.3) is 20.7 Å². The number of nitrogens with zero attached hydrogens (tertiary/aromatic N) is 2. The zero-order valence-corrected chi connectivity index (χ0v) is 15.0. The van der Waals surface area contributed by atoms with Crippen LogP contribution >= 0.6 is 22.7 Å². The molecule has 0 atom stereocenters. The van der Waals surface area contributed by atoms with Gasteiger partial charge >= 0.3 is 5.97 Å². The largest absolute Gasteiger partial charge is 0.469 e. The quantitative estimate of drug-likeness (QED) is 0.662. The summed E-state index contributed by atoms with van der Waals surface area (Å²) in [4.78, 5) is 41.7. The van der Waals surface area contributed by atoms with Crippen LogP contribution in [-0.2, 0) is 20.9 Å². The maximum absolute atomic E-state index is 12.7. The first-order valence-corrected chi connectivity index (χ1v) is 9.20. The van der Waals surface area contributed by atoms with Gasteiger partial charge in [0.2, 0.25) is 5.91 Å². The lowest BCUT2D eigenvalue weighted by Crippen LogP contribution is -2.33. The first kappa shape index (κ1) is 17.3. The van der Waals surface area contributed by atoms with Crippen LogP contribution in [0.2, 0.25) is 0 Å². The normalized spacial score (nSPS) is 10.8. The molecular weight excluding hydrogens is 362 g/mol. The maximum Gasteiger partial charge on any atom is 0.307 e. The third-order valence-electron chi connectivity index (χ3n) is 3.54. The average Bonchev–Trinajstić information content (AvgIpc) is 3.26. The van der Waals surface area contributed by atoms with Crippen molar-refractivity contribution in [1.82, 2.24) is 14.9 Å². The molecule has 1 amide bonds. The number of aromatic nitrogens is 2. The monoisotopic (exact) mass is 377 g/mol. The molecule has 3 aromatic heterocycles. The number of esters is 1. The Morgan fingerprint density at radius 1 is 1.36 bits per heavy atom. The molecule has 0 aromatic carbocycles. The lowest BCUT2D eigenvalue weighted by Gasteiger charge is -2.07. The molecule has 0 aliphatic rings. The second-order valence-electron chi connectivity index (χ2n) is 5.16. The van der Waals surface area contributed by atoms with Crippen LogP contribution in [0, 0.1) is 0 Å². The van der Waals surface area contributed by atoms with Crippen LogP contribution in [0.15, 0.2) is 34.0 Å². The van der Waals surface area contributed by atoms with Gasteiger partial charge in [-0.15, -0.1) is 22.7 Å². The van der Waals surface area contributed by atoms with Gasteiger partial charge in [0.25, 0.3) is 5.56 Å². The number of hydrogen-bond donors (Lipinski definition) is 1. The van der Waals surface area contributed by atoms with Gasteiger partial charge in [0.1, 0.15) is 11.4 Å². The molecule has 25 heavy (non-hydrogen) atoms. The summed E-state index contributed by atoms with van der Waals surface area (Å²) in [6.07, 6.45) is 1.46. The van der Waals surface area contributed by atoms with Crippen molar-refractivity contribution in [1.29, 1.82) is 0 Å². The predicted octanol–water partition coefficient (Wildman–Crippen LogP) is 1.87. The second-order valence-corrected chi connectivity index (χ2v) is 6.97. The number of ether oxygens (including phenoxy) is 1. The molecule has 1 N–H and O–H groups in total. The minimum absolute atomic E-state index is 0.0848. The Kier molecular flexibility index (Phi) is 5.25. The fourth-order valence-electron chi connectivity index (χ4n) is 2.31. The molecular formula is C16H15N3O4S2. The van der Waals surface area contributed by atoms with E-state index in [9.17, 15) is 14.4 Å². The second kappa shape index (κ2) is 7.58. The van der Waals surface area contributed by atoms with E-state index >= 15 is 0 Å². The lowest BCUT2D eigenvalue weighted by molar-refractivity contribution is -0.140. The van der Waals surface area contributed by atoms with Crippen molar-refractivity contribution in [2.75, 3.05) is 13.7 Å². The van der Waals surface area contributed by atoms with Crippen molar-refractivity contribution in [2.24, 2.45) is 0 Å². The minimum Gasteiger partial charge on any atom is -0.469 e.